The summed E-state index contributed by atoms with van der Waals surface area (Å²) in [6.07, 6.45) is 1.35. The quantitative estimate of drug-likeness (QED) is 0.709. The number of amides is 2. The van der Waals surface area contributed by atoms with E-state index in [1.165, 1.54) is 0 Å². The van der Waals surface area contributed by atoms with Crippen molar-refractivity contribution in [2.45, 2.75) is 38.4 Å². The highest BCUT2D eigenvalue weighted by Gasteiger charge is 2.46. The summed E-state index contributed by atoms with van der Waals surface area (Å²) < 4.78 is 0. The van der Waals surface area contributed by atoms with Gasteiger partial charge in [-0.05, 0) is 55.2 Å². The highest BCUT2D eigenvalue weighted by atomic mass is 35.5. The van der Waals surface area contributed by atoms with Gasteiger partial charge in [0.2, 0.25) is 5.91 Å². The molecule has 0 aliphatic carbocycles. The van der Waals surface area contributed by atoms with Crippen LogP contribution in [0.3, 0.4) is 0 Å². The van der Waals surface area contributed by atoms with E-state index >= 15 is 0 Å². The minimum Gasteiger partial charge on any atom is -0.350 e. The van der Waals surface area contributed by atoms with Crippen LogP contribution in [0.1, 0.15) is 41.4 Å². The van der Waals surface area contributed by atoms with E-state index in [0.717, 1.165) is 17.5 Å². The Morgan fingerprint density at radius 3 is 2.70 bits per heavy atom. The standard InChI is InChI=1S/C19H22Cl2N4O2/c1-19(7-2-8-25(19)17(26)15-5-6-16(21)24-15)18(27)23-11-13-9-14(20)4-3-12(13)10-22/h3-6,9,24H,2,7-8,10-11,22H2,1H3,(H,23,27)/t19-/m0/s1. The van der Waals surface area contributed by atoms with Crippen molar-refractivity contribution in [3.8, 4) is 0 Å². The Bertz CT molecular complexity index is 867. The fourth-order valence-electron chi connectivity index (χ4n) is 3.49. The van der Waals surface area contributed by atoms with Gasteiger partial charge < -0.3 is 20.9 Å². The minimum atomic E-state index is -0.921. The zero-order chi connectivity index (χ0) is 19.6. The van der Waals surface area contributed by atoms with Gasteiger partial charge in [0.25, 0.3) is 5.91 Å². The number of carbonyl (C=O) groups is 2. The van der Waals surface area contributed by atoms with E-state index < -0.39 is 5.54 Å². The molecule has 0 bridgehead atoms. The number of benzene rings is 1. The zero-order valence-electron chi connectivity index (χ0n) is 15.0. The second-order valence-corrected chi connectivity index (χ2v) is 7.70. The number of H-pyrrole nitrogens is 1. The minimum absolute atomic E-state index is 0.200. The lowest BCUT2D eigenvalue weighted by Crippen LogP contribution is -2.55. The first-order chi connectivity index (χ1) is 12.8. The second-order valence-electron chi connectivity index (χ2n) is 6.85. The second kappa shape index (κ2) is 7.92. The molecule has 1 atom stereocenters. The molecule has 1 fully saturated rings. The zero-order valence-corrected chi connectivity index (χ0v) is 16.5. The molecule has 1 aliphatic heterocycles. The third-order valence-electron chi connectivity index (χ3n) is 5.08. The molecule has 1 aliphatic rings. The van der Waals surface area contributed by atoms with Gasteiger partial charge in [-0.1, -0.05) is 29.3 Å². The molecule has 6 nitrogen and oxygen atoms in total. The van der Waals surface area contributed by atoms with E-state index in [-0.39, 0.29) is 11.8 Å². The van der Waals surface area contributed by atoms with E-state index in [1.54, 1.807) is 36.1 Å². The van der Waals surface area contributed by atoms with E-state index in [0.29, 0.717) is 41.9 Å². The number of aromatic amines is 1. The van der Waals surface area contributed by atoms with Gasteiger partial charge in [0.1, 0.15) is 16.4 Å². The first-order valence-corrected chi connectivity index (χ1v) is 9.53. The molecule has 0 spiro atoms. The predicted molar refractivity (Wildman–Crippen MR) is 106 cm³/mol. The number of rotatable bonds is 5. The van der Waals surface area contributed by atoms with Crippen LogP contribution in [0.25, 0.3) is 0 Å². The number of nitrogens with one attached hydrogen (secondary N) is 2. The molecule has 3 rings (SSSR count). The summed E-state index contributed by atoms with van der Waals surface area (Å²) in [4.78, 5) is 30.2. The van der Waals surface area contributed by atoms with Gasteiger partial charge in [-0.15, -0.1) is 0 Å². The van der Waals surface area contributed by atoms with Gasteiger partial charge in [-0.2, -0.15) is 0 Å². The number of hydrogen-bond donors (Lipinski definition) is 3. The normalized spacial score (nSPS) is 19.3. The smallest absolute Gasteiger partial charge is 0.271 e. The number of carbonyl (C=O) groups excluding carboxylic acids is 2. The Morgan fingerprint density at radius 1 is 1.26 bits per heavy atom. The Hall–Kier alpha value is -2.02. The lowest BCUT2D eigenvalue weighted by atomic mass is 9.97. The SMILES string of the molecule is C[C@@]1(C(=O)NCc2cc(Cl)ccc2CN)CCCN1C(=O)c1ccc(Cl)[nH]1. The van der Waals surface area contributed by atoms with Crippen LogP contribution in [0.5, 0.6) is 0 Å². The topological polar surface area (TPSA) is 91.2 Å². The number of halogens is 2. The van der Waals surface area contributed by atoms with Crippen LogP contribution in [-0.2, 0) is 17.9 Å². The van der Waals surface area contributed by atoms with Crippen LogP contribution >= 0.6 is 23.2 Å². The molecular weight excluding hydrogens is 387 g/mol. The molecule has 0 radical (unpaired) electrons. The summed E-state index contributed by atoms with van der Waals surface area (Å²) in [7, 11) is 0. The van der Waals surface area contributed by atoms with Gasteiger partial charge >= 0.3 is 0 Å². The van der Waals surface area contributed by atoms with Gasteiger partial charge in [0.15, 0.2) is 0 Å². The molecule has 1 saturated heterocycles. The van der Waals surface area contributed by atoms with Gasteiger partial charge in [-0.25, -0.2) is 0 Å². The fraction of sp³-hybridized carbons (Fsp3) is 0.368. The van der Waals surface area contributed by atoms with Crippen molar-refractivity contribution >= 4 is 35.0 Å². The Kier molecular flexibility index (Phi) is 5.79. The maximum atomic E-state index is 13.0. The van der Waals surface area contributed by atoms with Crippen LogP contribution in [0.15, 0.2) is 30.3 Å². The highest BCUT2D eigenvalue weighted by Crippen LogP contribution is 2.31. The van der Waals surface area contributed by atoms with Crippen molar-refractivity contribution in [1.29, 1.82) is 0 Å². The first kappa shape index (κ1) is 19.7. The number of hydrogen-bond acceptors (Lipinski definition) is 3. The van der Waals surface area contributed by atoms with Gasteiger partial charge in [-0.3, -0.25) is 9.59 Å². The Labute approximate surface area is 168 Å². The van der Waals surface area contributed by atoms with Crippen LogP contribution in [-0.4, -0.2) is 33.8 Å². The maximum absolute atomic E-state index is 13.0. The van der Waals surface area contributed by atoms with Gasteiger partial charge in [0, 0.05) is 24.7 Å². The Morgan fingerprint density at radius 2 is 2.04 bits per heavy atom. The van der Waals surface area contributed by atoms with Crippen molar-refractivity contribution in [1.82, 2.24) is 15.2 Å². The first-order valence-electron chi connectivity index (χ1n) is 8.77. The van der Waals surface area contributed by atoms with Crippen molar-refractivity contribution in [2.24, 2.45) is 5.73 Å². The Balaban J connectivity index is 1.74. The molecular formula is C19H22Cl2N4O2. The fourth-order valence-corrected chi connectivity index (χ4v) is 3.85. The molecule has 2 amide bonds. The maximum Gasteiger partial charge on any atom is 0.271 e. The van der Waals surface area contributed by atoms with Crippen molar-refractivity contribution in [3.05, 3.63) is 57.3 Å². The van der Waals surface area contributed by atoms with Crippen molar-refractivity contribution < 1.29 is 9.59 Å². The predicted octanol–water partition coefficient (Wildman–Crippen LogP) is 3.09. The lowest BCUT2D eigenvalue weighted by Gasteiger charge is -2.33. The number of nitrogens with zero attached hydrogens (tertiary/aromatic N) is 1. The van der Waals surface area contributed by atoms with Crippen molar-refractivity contribution in [3.63, 3.8) is 0 Å². The molecule has 0 saturated carbocycles. The number of nitrogens with two attached hydrogens (primary N) is 1. The molecule has 8 heteroatoms. The average molecular weight is 409 g/mol. The molecule has 0 unspecified atom stereocenters. The summed E-state index contributed by atoms with van der Waals surface area (Å²) in [6, 6.07) is 8.67. The van der Waals surface area contributed by atoms with E-state index in [9.17, 15) is 9.59 Å². The van der Waals surface area contributed by atoms with Crippen LogP contribution in [0.4, 0.5) is 0 Å². The summed E-state index contributed by atoms with van der Waals surface area (Å²) in [5.41, 5.74) is 7.01. The molecule has 2 aromatic rings. The molecule has 4 N–H and O–H groups in total. The molecule has 1 aromatic heterocycles. The largest absolute Gasteiger partial charge is 0.350 e. The number of likely N-dealkylation sites (tertiary alicyclic amines) is 1. The third-order valence-corrected chi connectivity index (χ3v) is 5.54. The van der Waals surface area contributed by atoms with E-state index in [2.05, 4.69) is 10.3 Å². The highest BCUT2D eigenvalue weighted by molar-refractivity contribution is 6.30. The molecule has 1 aromatic carbocycles. The number of aromatic nitrogens is 1. The van der Waals surface area contributed by atoms with Crippen molar-refractivity contribution in [2.75, 3.05) is 6.54 Å². The molecule has 2 heterocycles. The average Bonchev–Trinajstić information content (AvgIpc) is 3.26. The van der Waals surface area contributed by atoms with E-state index in [1.807, 2.05) is 6.07 Å². The van der Waals surface area contributed by atoms with Gasteiger partial charge in [0.05, 0.1) is 0 Å². The monoisotopic (exact) mass is 408 g/mol. The summed E-state index contributed by atoms with van der Waals surface area (Å²) in [5.74, 6) is -0.434. The van der Waals surface area contributed by atoms with E-state index in [4.69, 9.17) is 28.9 Å². The molecule has 144 valence electrons. The third kappa shape index (κ3) is 3.98. The summed E-state index contributed by atoms with van der Waals surface area (Å²) >= 11 is 11.9. The lowest BCUT2D eigenvalue weighted by molar-refractivity contribution is -0.130. The van der Waals surface area contributed by atoms with Crippen LogP contribution < -0.4 is 11.1 Å². The summed E-state index contributed by atoms with van der Waals surface area (Å²) in [6.45, 7) is 2.97. The summed E-state index contributed by atoms with van der Waals surface area (Å²) in [5, 5.41) is 3.92. The molecule has 27 heavy (non-hydrogen) atoms. The van der Waals surface area contributed by atoms with Crippen LogP contribution in [0.2, 0.25) is 10.2 Å². The van der Waals surface area contributed by atoms with Crippen LogP contribution in [0, 0.1) is 0 Å².